The zero-order valence-corrected chi connectivity index (χ0v) is 15.4. The third-order valence-electron chi connectivity index (χ3n) is 5.72. The molecule has 1 aromatic heterocycles. The number of hydrogen-bond acceptors (Lipinski definition) is 5. The van der Waals surface area contributed by atoms with Gasteiger partial charge in [-0.1, -0.05) is 13.8 Å². The zero-order valence-electron chi connectivity index (χ0n) is 15.4. The van der Waals surface area contributed by atoms with E-state index in [1.165, 1.54) is 0 Å². The number of nitrogens with zero attached hydrogens (tertiary/aromatic N) is 4. The quantitative estimate of drug-likeness (QED) is 0.834. The molecule has 3 rings (SSSR count). The molecule has 2 atom stereocenters. The molecule has 8 nitrogen and oxygen atoms in total. The van der Waals surface area contributed by atoms with Gasteiger partial charge in [-0.3, -0.25) is 14.3 Å². The molecule has 138 valence electrons. The highest BCUT2D eigenvalue weighted by molar-refractivity contribution is 5.99. The van der Waals surface area contributed by atoms with E-state index in [0.29, 0.717) is 26.1 Å². The van der Waals surface area contributed by atoms with Gasteiger partial charge in [0.05, 0.1) is 18.0 Å². The van der Waals surface area contributed by atoms with Crippen molar-refractivity contribution in [1.82, 2.24) is 14.7 Å². The smallest absolute Gasteiger partial charge is 0.246 e. The molecule has 1 saturated carbocycles. The summed E-state index contributed by atoms with van der Waals surface area (Å²) in [4.78, 5) is 28.8. The summed E-state index contributed by atoms with van der Waals surface area (Å²) in [6, 6.07) is 0. The van der Waals surface area contributed by atoms with Crippen LogP contribution in [-0.2, 0) is 21.4 Å². The van der Waals surface area contributed by atoms with Crippen LogP contribution in [0.5, 0.6) is 0 Å². The molecule has 0 spiro atoms. The predicted molar refractivity (Wildman–Crippen MR) is 92.9 cm³/mol. The fourth-order valence-electron chi connectivity index (χ4n) is 3.75. The lowest BCUT2D eigenvalue weighted by Crippen LogP contribution is -2.77. The third-order valence-corrected chi connectivity index (χ3v) is 5.72. The number of amides is 2. The second kappa shape index (κ2) is 6.10. The summed E-state index contributed by atoms with van der Waals surface area (Å²) in [5.74, 6) is -0.276. The van der Waals surface area contributed by atoms with E-state index < -0.39 is 11.0 Å². The third kappa shape index (κ3) is 2.73. The lowest BCUT2D eigenvalue weighted by Gasteiger charge is -2.59. The van der Waals surface area contributed by atoms with E-state index in [1.54, 1.807) is 33.9 Å². The van der Waals surface area contributed by atoms with Crippen LogP contribution < -0.4 is 10.6 Å². The van der Waals surface area contributed by atoms with E-state index in [4.69, 9.17) is 10.5 Å². The van der Waals surface area contributed by atoms with Gasteiger partial charge < -0.3 is 20.3 Å². The number of carbonyl (C=O) groups excluding carboxylic acids is 2. The Kier molecular flexibility index (Phi) is 4.36. The van der Waals surface area contributed by atoms with Crippen LogP contribution in [0.1, 0.15) is 27.2 Å². The van der Waals surface area contributed by atoms with Crippen LogP contribution in [0, 0.1) is 5.41 Å². The minimum Gasteiger partial charge on any atom is -0.378 e. The number of ether oxygens (including phenoxy) is 1. The molecule has 2 amide bonds. The first kappa shape index (κ1) is 17.9. The van der Waals surface area contributed by atoms with Gasteiger partial charge in [0.15, 0.2) is 0 Å². The number of nitrogens with two attached hydrogens (primary N) is 1. The number of anilines is 1. The summed E-state index contributed by atoms with van der Waals surface area (Å²) in [5.41, 5.74) is 5.78. The van der Waals surface area contributed by atoms with Gasteiger partial charge in [0.25, 0.3) is 0 Å². The van der Waals surface area contributed by atoms with Gasteiger partial charge in [-0.25, -0.2) is 0 Å². The molecule has 25 heavy (non-hydrogen) atoms. The summed E-state index contributed by atoms with van der Waals surface area (Å²) in [6.45, 7) is 7.41. The van der Waals surface area contributed by atoms with Gasteiger partial charge in [-0.15, -0.1) is 0 Å². The number of aromatic nitrogens is 2. The summed E-state index contributed by atoms with van der Waals surface area (Å²) in [7, 11) is 1.80. The molecule has 2 heterocycles. The standard InChI is InChI=1S/C17H27N5O3/c1-5-25-13-8-17(18,16(13,2)3)15(24)21-6-7-22(14(23)11-21)12-9-19-20(4)10-12/h9-10,13H,5-8,11,18H2,1-4H3. The fraction of sp³-hybridized carbons (Fsp3) is 0.706. The number of carbonyl (C=O) groups is 2. The van der Waals surface area contributed by atoms with Crippen molar-refractivity contribution in [2.24, 2.45) is 18.2 Å². The average molecular weight is 349 g/mol. The lowest BCUT2D eigenvalue weighted by atomic mass is 9.54. The van der Waals surface area contributed by atoms with Gasteiger partial charge in [-0.2, -0.15) is 5.10 Å². The van der Waals surface area contributed by atoms with Crippen LogP contribution in [0.4, 0.5) is 5.69 Å². The Morgan fingerprint density at radius 1 is 1.44 bits per heavy atom. The van der Waals surface area contributed by atoms with Crippen molar-refractivity contribution in [1.29, 1.82) is 0 Å². The van der Waals surface area contributed by atoms with Gasteiger partial charge in [-0.05, 0) is 6.92 Å². The van der Waals surface area contributed by atoms with Gasteiger partial charge in [0, 0.05) is 44.8 Å². The second-order valence-electron chi connectivity index (χ2n) is 7.49. The fourth-order valence-corrected chi connectivity index (χ4v) is 3.75. The number of aryl methyl sites for hydroxylation is 1. The lowest BCUT2D eigenvalue weighted by molar-refractivity contribution is -0.180. The van der Waals surface area contributed by atoms with E-state index in [9.17, 15) is 9.59 Å². The molecular weight excluding hydrogens is 322 g/mol. The van der Waals surface area contributed by atoms with Gasteiger partial charge in [0.1, 0.15) is 12.1 Å². The summed E-state index contributed by atoms with van der Waals surface area (Å²) in [6.07, 6.45) is 3.91. The van der Waals surface area contributed by atoms with Crippen molar-refractivity contribution in [3.05, 3.63) is 12.4 Å². The molecule has 0 radical (unpaired) electrons. The minimum atomic E-state index is -0.983. The molecule has 2 aliphatic rings. The molecule has 1 aromatic rings. The Labute approximate surface area is 147 Å². The number of hydrogen-bond donors (Lipinski definition) is 1. The maximum absolute atomic E-state index is 13.0. The Morgan fingerprint density at radius 3 is 2.68 bits per heavy atom. The van der Waals surface area contributed by atoms with Crippen molar-refractivity contribution >= 4 is 17.5 Å². The van der Waals surface area contributed by atoms with Crippen molar-refractivity contribution in [2.45, 2.75) is 38.8 Å². The van der Waals surface area contributed by atoms with E-state index in [0.717, 1.165) is 5.69 Å². The molecule has 2 N–H and O–H groups in total. The topological polar surface area (TPSA) is 93.7 Å². The van der Waals surface area contributed by atoms with Crippen LogP contribution in [0.2, 0.25) is 0 Å². The Morgan fingerprint density at radius 2 is 2.16 bits per heavy atom. The first-order chi connectivity index (χ1) is 11.7. The molecule has 1 aliphatic carbocycles. The molecule has 2 unspecified atom stereocenters. The summed E-state index contributed by atoms with van der Waals surface area (Å²) < 4.78 is 7.34. The maximum Gasteiger partial charge on any atom is 0.246 e. The van der Waals surface area contributed by atoms with Gasteiger partial charge >= 0.3 is 0 Å². The largest absolute Gasteiger partial charge is 0.378 e. The van der Waals surface area contributed by atoms with Crippen molar-refractivity contribution in [3.63, 3.8) is 0 Å². The first-order valence-corrected chi connectivity index (χ1v) is 8.69. The highest BCUT2D eigenvalue weighted by atomic mass is 16.5. The van der Waals surface area contributed by atoms with Crippen molar-refractivity contribution in [3.8, 4) is 0 Å². The molecule has 1 aliphatic heterocycles. The summed E-state index contributed by atoms with van der Waals surface area (Å²) in [5, 5.41) is 4.10. The van der Waals surface area contributed by atoms with Crippen molar-refractivity contribution in [2.75, 3.05) is 31.1 Å². The molecule has 0 bridgehead atoms. The van der Waals surface area contributed by atoms with Crippen LogP contribution in [0.25, 0.3) is 0 Å². The Balaban J connectivity index is 1.68. The zero-order chi connectivity index (χ0) is 18.4. The Hall–Kier alpha value is -1.93. The molecule has 1 saturated heterocycles. The highest BCUT2D eigenvalue weighted by Gasteiger charge is 2.64. The molecular formula is C17H27N5O3. The van der Waals surface area contributed by atoms with Gasteiger partial charge in [0.2, 0.25) is 11.8 Å². The van der Waals surface area contributed by atoms with Crippen LogP contribution in [0.15, 0.2) is 12.4 Å². The monoisotopic (exact) mass is 349 g/mol. The average Bonchev–Trinajstić information content (AvgIpc) is 2.99. The van der Waals surface area contributed by atoms with E-state index in [-0.39, 0.29) is 24.5 Å². The predicted octanol–water partition coefficient (Wildman–Crippen LogP) is 0.128. The SMILES string of the molecule is CCOC1CC(N)(C(=O)N2CCN(c3cnn(C)c3)C(=O)C2)C1(C)C. The van der Waals surface area contributed by atoms with E-state index in [1.807, 2.05) is 20.8 Å². The van der Waals surface area contributed by atoms with Crippen LogP contribution in [-0.4, -0.2) is 64.4 Å². The minimum absolute atomic E-state index is 0.0289. The number of rotatable bonds is 4. The number of piperazine rings is 1. The maximum atomic E-state index is 13.0. The van der Waals surface area contributed by atoms with E-state index >= 15 is 0 Å². The molecule has 0 aromatic carbocycles. The summed E-state index contributed by atoms with van der Waals surface area (Å²) >= 11 is 0. The molecule has 2 fully saturated rings. The van der Waals surface area contributed by atoms with Crippen LogP contribution in [0.3, 0.4) is 0 Å². The van der Waals surface area contributed by atoms with E-state index in [2.05, 4.69) is 5.10 Å². The van der Waals surface area contributed by atoms with Crippen LogP contribution >= 0.6 is 0 Å². The first-order valence-electron chi connectivity index (χ1n) is 8.69. The Bertz CT molecular complexity index is 686. The highest BCUT2D eigenvalue weighted by Crippen LogP contribution is 2.50. The molecule has 8 heteroatoms. The second-order valence-corrected chi connectivity index (χ2v) is 7.49. The van der Waals surface area contributed by atoms with Crippen molar-refractivity contribution < 1.29 is 14.3 Å². The normalized spacial score (nSPS) is 28.8.